The topological polar surface area (TPSA) is 88.8 Å². The molecule has 5 heterocycles. The summed E-state index contributed by atoms with van der Waals surface area (Å²) in [5.74, 6) is 1.12. The van der Waals surface area contributed by atoms with E-state index >= 15 is 0 Å². The van der Waals surface area contributed by atoms with Crippen molar-refractivity contribution in [1.82, 2.24) is 29.2 Å². The van der Waals surface area contributed by atoms with Gasteiger partial charge >= 0.3 is 0 Å². The maximum absolute atomic E-state index is 13.4. The van der Waals surface area contributed by atoms with Gasteiger partial charge in [-0.15, -0.1) is 0 Å². The third-order valence-corrected chi connectivity index (χ3v) is 6.67. The molecule has 3 aromatic heterocycles. The maximum Gasteiger partial charge on any atom is 0.261 e. The Bertz CT molecular complexity index is 1380. The van der Waals surface area contributed by atoms with E-state index in [1.165, 1.54) is 0 Å². The molecule has 2 aliphatic rings. The smallest absolute Gasteiger partial charge is 0.261 e. The minimum absolute atomic E-state index is 0.00411. The zero-order chi connectivity index (χ0) is 21.1. The number of benzene rings is 1. The molecule has 0 saturated carbocycles. The van der Waals surface area contributed by atoms with E-state index in [-0.39, 0.29) is 23.3 Å². The van der Waals surface area contributed by atoms with Crippen LogP contribution < -0.4 is 5.56 Å². The molecule has 1 amide bonds. The number of rotatable bonds is 2. The summed E-state index contributed by atoms with van der Waals surface area (Å²) in [6.45, 7) is 1.90. The van der Waals surface area contributed by atoms with Crippen molar-refractivity contribution in [2.75, 3.05) is 13.1 Å². The first-order valence-electron chi connectivity index (χ1n) is 10.5. The SMILES string of the molecule is Cn1ccnc1-c1ccc2n(c1=O)C[C@H]1C[C@@H]2CN(C(=O)c2cccc3[nH]ncc23)C1. The first-order valence-corrected chi connectivity index (χ1v) is 10.5. The molecule has 2 atom stereocenters. The van der Waals surface area contributed by atoms with Crippen molar-refractivity contribution in [2.24, 2.45) is 13.0 Å². The number of piperidine rings is 1. The zero-order valence-electron chi connectivity index (χ0n) is 17.2. The van der Waals surface area contributed by atoms with Crippen molar-refractivity contribution in [2.45, 2.75) is 18.9 Å². The highest BCUT2D eigenvalue weighted by molar-refractivity contribution is 6.06. The minimum atomic E-state index is 0.00411. The van der Waals surface area contributed by atoms with Crippen LogP contribution in [0.1, 0.15) is 28.4 Å². The van der Waals surface area contributed by atoms with Crippen LogP contribution in [-0.4, -0.2) is 48.2 Å². The molecule has 0 aliphatic carbocycles. The summed E-state index contributed by atoms with van der Waals surface area (Å²) in [7, 11) is 1.89. The average Bonchev–Trinajstić information content (AvgIpc) is 3.42. The van der Waals surface area contributed by atoms with Crippen molar-refractivity contribution in [3.05, 3.63) is 70.5 Å². The standard InChI is InChI=1S/C23H22N6O2/c1-27-8-7-24-21(27)17-5-6-20-15-9-14(12-29(20)23(17)31)11-28(13-15)22(30)16-3-2-4-19-18(16)10-25-26-19/h2-8,10,14-15H,9,11-13H2,1H3,(H,25,26)/t14-,15+/m0/s1. The van der Waals surface area contributed by atoms with Crippen molar-refractivity contribution in [1.29, 1.82) is 0 Å². The number of likely N-dealkylation sites (tertiary alicyclic amines) is 1. The third-order valence-electron chi connectivity index (χ3n) is 6.67. The molecule has 0 spiro atoms. The van der Waals surface area contributed by atoms with Crippen LogP contribution in [-0.2, 0) is 13.6 Å². The Morgan fingerprint density at radius 1 is 1.16 bits per heavy atom. The van der Waals surface area contributed by atoms with Crippen LogP contribution >= 0.6 is 0 Å². The Balaban J connectivity index is 1.34. The van der Waals surface area contributed by atoms with Crippen LogP contribution in [0.2, 0.25) is 0 Å². The zero-order valence-corrected chi connectivity index (χ0v) is 17.2. The molecule has 8 nitrogen and oxygen atoms in total. The summed E-state index contributed by atoms with van der Waals surface area (Å²) in [6.07, 6.45) is 6.26. The molecule has 0 radical (unpaired) electrons. The lowest BCUT2D eigenvalue weighted by atomic mass is 9.82. The van der Waals surface area contributed by atoms with Crippen molar-refractivity contribution < 1.29 is 4.79 Å². The largest absolute Gasteiger partial charge is 0.338 e. The summed E-state index contributed by atoms with van der Waals surface area (Å²) in [6, 6.07) is 9.58. The van der Waals surface area contributed by atoms with Gasteiger partial charge in [0.1, 0.15) is 5.82 Å². The van der Waals surface area contributed by atoms with E-state index in [9.17, 15) is 9.59 Å². The molecule has 8 heteroatoms. The van der Waals surface area contributed by atoms with Crippen LogP contribution in [0, 0.1) is 5.92 Å². The number of pyridine rings is 1. The molecule has 31 heavy (non-hydrogen) atoms. The van der Waals surface area contributed by atoms with E-state index < -0.39 is 0 Å². The van der Waals surface area contributed by atoms with Gasteiger partial charge in [-0.05, 0) is 36.6 Å². The lowest BCUT2D eigenvalue weighted by Gasteiger charge is -2.43. The Kier molecular flexibility index (Phi) is 3.89. The van der Waals surface area contributed by atoms with Crippen molar-refractivity contribution in [3.63, 3.8) is 0 Å². The Labute approximate surface area is 178 Å². The van der Waals surface area contributed by atoms with Gasteiger partial charge in [0.05, 0.1) is 22.8 Å². The van der Waals surface area contributed by atoms with Gasteiger partial charge in [-0.1, -0.05) is 6.07 Å². The molecule has 2 bridgehead atoms. The number of H-pyrrole nitrogens is 1. The van der Waals surface area contributed by atoms with Gasteiger partial charge < -0.3 is 14.0 Å². The quantitative estimate of drug-likeness (QED) is 0.545. The summed E-state index contributed by atoms with van der Waals surface area (Å²) in [5.41, 5.74) is 3.17. The molecule has 1 aromatic carbocycles. The van der Waals surface area contributed by atoms with Gasteiger partial charge in [0.25, 0.3) is 11.5 Å². The predicted octanol–water partition coefficient (Wildman–Crippen LogP) is 2.38. The van der Waals surface area contributed by atoms with Gasteiger partial charge in [-0.2, -0.15) is 5.10 Å². The first-order chi connectivity index (χ1) is 15.1. The third kappa shape index (κ3) is 2.74. The molecule has 1 saturated heterocycles. The maximum atomic E-state index is 13.4. The molecule has 1 N–H and O–H groups in total. The summed E-state index contributed by atoms with van der Waals surface area (Å²) < 4.78 is 3.77. The lowest BCUT2D eigenvalue weighted by Crippen LogP contribution is -2.49. The molecular formula is C23H22N6O2. The number of nitrogens with zero attached hydrogens (tertiary/aromatic N) is 5. The number of amides is 1. The highest BCUT2D eigenvalue weighted by Crippen LogP contribution is 2.36. The lowest BCUT2D eigenvalue weighted by molar-refractivity contribution is 0.0596. The van der Waals surface area contributed by atoms with E-state index in [4.69, 9.17) is 0 Å². The Morgan fingerprint density at radius 2 is 2.06 bits per heavy atom. The monoisotopic (exact) mass is 414 g/mol. The summed E-state index contributed by atoms with van der Waals surface area (Å²) >= 11 is 0. The van der Waals surface area contributed by atoms with E-state index in [0.29, 0.717) is 36.6 Å². The van der Waals surface area contributed by atoms with Crippen LogP contribution in [0.3, 0.4) is 0 Å². The second-order valence-electron chi connectivity index (χ2n) is 8.59. The number of aromatic amines is 1. The van der Waals surface area contributed by atoms with Gasteiger partial charge in [0.2, 0.25) is 0 Å². The van der Waals surface area contributed by atoms with Gasteiger partial charge in [-0.3, -0.25) is 14.7 Å². The highest BCUT2D eigenvalue weighted by atomic mass is 16.2. The summed E-state index contributed by atoms with van der Waals surface area (Å²) in [4.78, 5) is 32.9. The average molecular weight is 414 g/mol. The number of aryl methyl sites for hydroxylation is 1. The first kappa shape index (κ1) is 18.1. The predicted molar refractivity (Wildman–Crippen MR) is 116 cm³/mol. The number of nitrogens with one attached hydrogen (secondary N) is 1. The minimum Gasteiger partial charge on any atom is -0.338 e. The summed E-state index contributed by atoms with van der Waals surface area (Å²) in [5, 5.41) is 7.86. The number of imidazole rings is 1. The fourth-order valence-electron chi connectivity index (χ4n) is 5.23. The van der Waals surface area contributed by atoms with Crippen molar-refractivity contribution in [3.8, 4) is 11.4 Å². The van der Waals surface area contributed by atoms with Crippen molar-refractivity contribution >= 4 is 16.8 Å². The second kappa shape index (κ2) is 6.66. The number of aromatic nitrogens is 5. The van der Waals surface area contributed by atoms with E-state index in [1.54, 1.807) is 12.4 Å². The van der Waals surface area contributed by atoms with Gasteiger partial charge in [-0.25, -0.2) is 4.98 Å². The van der Waals surface area contributed by atoms with E-state index in [1.807, 2.05) is 57.6 Å². The Hall–Kier alpha value is -3.68. The second-order valence-corrected chi connectivity index (χ2v) is 8.59. The highest BCUT2D eigenvalue weighted by Gasteiger charge is 2.37. The van der Waals surface area contributed by atoms with E-state index in [2.05, 4.69) is 15.2 Å². The number of carbonyl (C=O) groups excluding carboxylic acids is 1. The molecule has 4 aromatic rings. The van der Waals surface area contributed by atoms with E-state index in [0.717, 1.165) is 23.0 Å². The molecule has 0 unspecified atom stereocenters. The van der Waals surface area contributed by atoms with Gasteiger partial charge in [0, 0.05) is 56.1 Å². The number of fused-ring (bicyclic) bond motifs is 5. The number of hydrogen-bond donors (Lipinski definition) is 1. The van der Waals surface area contributed by atoms with Crippen LogP contribution in [0.15, 0.2) is 53.7 Å². The fourth-order valence-corrected chi connectivity index (χ4v) is 5.23. The molecule has 6 rings (SSSR count). The van der Waals surface area contributed by atoms with Crippen LogP contribution in [0.25, 0.3) is 22.3 Å². The Morgan fingerprint density at radius 3 is 2.90 bits per heavy atom. The number of hydrogen-bond acceptors (Lipinski definition) is 4. The molecule has 2 aliphatic heterocycles. The fraction of sp³-hybridized carbons (Fsp3) is 0.304. The molecule has 156 valence electrons. The molecular weight excluding hydrogens is 392 g/mol. The van der Waals surface area contributed by atoms with Crippen LogP contribution in [0.4, 0.5) is 0 Å². The normalized spacial score (nSPS) is 20.1. The number of carbonyl (C=O) groups is 1. The molecule has 1 fully saturated rings. The van der Waals surface area contributed by atoms with Crippen LogP contribution in [0.5, 0.6) is 0 Å². The van der Waals surface area contributed by atoms with Gasteiger partial charge in [0.15, 0.2) is 0 Å².